The van der Waals surface area contributed by atoms with Crippen molar-refractivity contribution in [2.24, 2.45) is 0 Å². The zero-order valence-corrected chi connectivity index (χ0v) is 13.7. The number of fused-ring (bicyclic) bond motifs is 1. The molecule has 1 heterocycles. The van der Waals surface area contributed by atoms with Gasteiger partial charge in [0, 0.05) is 13.1 Å². The third kappa shape index (κ3) is 4.89. The fourth-order valence-corrected chi connectivity index (χ4v) is 1.82. The van der Waals surface area contributed by atoms with Crippen molar-refractivity contribution in [3.63, 3.8) is 0 Å². The molecule has 0 saturated heterocycles. The summed E-state index contributed by atoms with van der Waals surface area (Å²) in [5, 5.41) is 18.2. The maximum absolute atomic E-state index is 9.10. The lowest BCUT2D eigenvalue weighted by Gasteiger charge is -2.31. The number of aliphatic hydroxyl groups is 2. The summed E-state index contributed by atoms with van der Waals surface area (Å²) in [6.45, 7) is 10.8. The van der Waals surface area contributed by atoms with Crippen LogP contribution >= 0.6 is 0 Å². The van der Waals surface area contributed by atoms with Gasteiger partial charge in [0.25, 0.3) is 0 Å². The number of benzene rings is 1. The summed E-state index contributed by atoms with van der Waals surface area (Å²) in [7, 11) is 2.18. The Hall–Kier alpha value is -0.900. The van der Waals surface area contributed by atoms with E-state index >= 15 is 0 Å². The van der Waals surface area contributed by atoms with Crippen LogP contribution in [-0.2, 0) is 13.0 Å². The Morgan fingerprint density at radius 1 is 1.00 bits per heavy atom. The predicted octanol–water partition coefficient (Wildman–Crippen LogP) is 2.51. The lowest BCUT2D eigenvalue weighted by atomic mass is 9.90. The molecule has 0 amide bonds. The van der Waals surface area contributed by atoms with Crippen LogP contribution in [0.2, 0.25) is 0 Å². The summed E-state index contributed by atoms with van der Waals surface area (Å²) >= 11 is 0. The van der Waals surface area contributed by atoms with E-state index in [1.165, 1.54) is 24.1 Å². The van der Waals surface area contributed by atoms with E-state index in [1.54, 1.807) is 33.3 Å². The Morgan fingerprint density at radius 3 is 2.05 bits per heavy atom. The van der Waals surface area contributed by atoms with Crippen molar-refractivity contribution >= 4 is 0 Å². The summed E-state index contributed by atoms with van der Waals surface area (Å²) in [5.41, 5.74) is 2.43. The van der Waals surface area contributed by atoms with Gasteiger partial charge in [0.2, 0.25) is 0 Å². The SMILES string of the molecule is CC(C)(O)C(C)(C)O.Cc1ccc2c(c1)CCN(C)C2. The van der Waals surface area contributed by atoms with Crippen LogP contribution in [0.15, 0.2) is 18.2 Å². The van der Waals surface area contributed by atoms with E-state index in [4.69, 9.17) is 10.2 Å². The van der Waals surface area contributed by atoms with Crippen molar-refractivity contribution in [3.8, 4) is 0 Å². The summed E-state index contributed by atoms with van der Waals surface area (Å²) in [4.78, 5) is 2.37. The number of nitrogens with zero attached hydrogens (tertiary/aromatic N) is 1. The average molecular weight is 279 g/mol. The van der Waals surface area contributed by atoms with Gasteiger partial charge in [-0.1, -0.05) is 23.8 Å². The molecule has 20 heavy (non-hydrogen) atoms. The van der Waals surface area contributed by atoms with Crippen molar-refractivity contribution < 1.29 is 10.2 Å². The second kappa shape index (κ2) is 6.25. The molecule has 1 aromatic rings. The fraction of sp³-hybridized carbons (Fsp3) is 0.647. The molecule has 0 spiro atoms. The molecule has 2 rings (SSSR count). The lowest BCUT2D eigenvalue weighted by molar-refractivity contribution is -0.107. The second-order valence-electron chi connectivity index (χ2n) is 6.88. The van der Waals surface area contributed by atoms with Crippen LogP contribution in [0.3, 0.4) is 0 Å². The Balaban J connectivity index is 0.000000221. The lowest BCUT2D eigenvalue weighted by Crippen LogP contribution is -2.44. The van der Waals surface area contributed by atoms with E-state index in [9.17, 15) is 0 Å². The number of hydrogen-bond acceptors (Lipinski definition) is 3. The van der Waals surface area contributed by atoms with E-state index in [-0.39, 0.29) is 0 Å². The molecule has 0 atom stereocenters. The van der Waals surface area contributed by atoms with Crippen LogP contribution in [0, 0.1) is 6.92 Å². The zero-order chi connectivity index (χ0) is 15.6. The van der Waals surface area contributed by atoms with Crippen LogP contribution in [-0.4, -0.2) is 39.9 Å². The molecule has 0 saturated carbocycles. The first-order chi connectivity index (χ1) is 9.00. The second-order valence-corrected chi connectivity index (χ2v) is 6.88. The fourth-order valence-electron chi connectivity index (χ4n) is 1.82. The smallest absolute Gasteiger partial charge is 0.0872 e. The standard InChI is InChI=1S/C11H15N.C6H14O2/c1-9-3-4-11-8-12(2)6-5-10(11)7-9;1-5(2,7)6(3,4)8/h3-4,7H,5-6,8H2,1-2H3;7-8H,1-4H3. The third-order valence-corrected chi connectivity index (χ3v) is 4.06. The Labute approximate surface area is 123 Å². The maximum atomic E-state index is 9.10. The van der Waals surface area contributed by atoms with Gasteiger partial charge in [-0.05, 0) is 59.2 Å². The molecule has 1 aliphatic heterocycles. The van der Waals surface area contributed by atoms with Gasteiger partial charge in [-0.15, -0.1) is 0 Å². The summed E-state index contributed by atoms with van der Waals surface area (Å²) in [6.07, 6.45) is 1.22. The number of hydrogen-bond donors (Lipinski definition) is 2. The van der Waals surface area contributed by atoms with E-state index in [1.807, 2.05) is 0 Å². The van der Waals surface area contributed by atoms with Gasteiger partial charge in [-0.2, -0.15) is 0 Å². The van der Waals surface area contributed by atoms with Gasteiger partial charge >= 0.3 is 0 Å². The summed E-state index contributed by atoms with van der Waals surface area (Å²) in [5.74, 6) is 0. The van der Waals surface area contributed by atoms with E-state index in [0.29, 0.717) is 0 Å². The normalized spacial score (nSPS) is 16.2. The van der Waals surface area contributed by atoms with Crippen LogP contribution in [0.4, 0.5) is 0 Å². The molecule has 2 N–H and O–H groups in total. The first kappa shape index (κ1) is 17.2. The highest BCUT2D eigenvalue weighted by Gasteiger charge is 2.31. The zero-order valence-electron chi connectivity index (χ0n) is 13.7. The van der Waals surface area contributed by atoms with Crippen LogP contribution < -0.4 is 0 Å². The minimum Gasteiger partial charge on any atom is -0.387 e. The molecule has 0 radical (unpaired) electrons. The number of aryl methyl sites for hydroxylation is 1. The molecule has 1 aromatic carbocycles. The molecule has 0 aromatic heterocycles. The Bertz CT molecular complexity index is 429. The van der Waals surface area contributed by atoms with Gasteiger partial charge in [0.05, 0.1) is 11.2 Å². The van der Waals surface area contributed by atoms with Gasteiger partial charge in [0.1, 0.15) is 0 Å². The summed E-state index contributed by atoms with van der Waals surface area (Å²) < 4.78 is 0. The molecular formula is C17H29NO2. The topological polar surface area (TPSA) is 43.7 Å². The molecule has 0 aliphatic carbocycles. The van der Waals surface area contributed by atoms with Crippen LogP contribution in [0.5, 0.6) is 0 Å². The van der Waals surface area contributed by atoms with Crippen LogP contribution in [0.25, 0.3) is 0 Å². The highest BCUT2D eigenvalue weighted by atomic mass is 16.3. The maximum Gasteiger partial charge on any atom is 0.0872 e. The molecule has 0 bridgehead atoms. The minimum absolute atomic E-state index is 1.01. The monoisotopic (exact) mass is 279 g/mol. The largest absolute Gasteiger partial charge is 0.387 e. The third-order valence-electron chi connectivity index (χ3n) is 4.06. The minimum atomic E-state index is -1.01. The van der Waals surface area contributed by atoms with Gasteiger partial charge in [-0.3, -0.25) is 0 Å². The van der Waals surface area contributed by atoms with Crippen molar-refractivity contribution in [3.05, 3.63) is 34.9 Å². The van der Waals surface area contributed by atoms with Crippen molar-refractivity contribution in [1.82, 2.24) is 4.90 Å². The molecule has 3 nitrogen and oxygen atoms in total. The Morgan fingerprint density at radius 2 is 1.55 bits per heavy atom. The summed E-state index contributed by atoms with van der Waals surface area (Å²) in [6, 6.07) is 6.79. The average Bonchev–Trinajstić information content (AvgIpc) is 2.27. The first-order valence-corrected chi connectivity index (χ1v) is 7.22. The van der Waals surface area contributed by atoms with Crippen molar-refractivity contribution in [1.29, 1.82) is 0 Å². The van der Waals surface area contributed by atoms with Gasteiger partial charge < -0.3 is 15.1 Å². The van der Waals surface area contributed by atoms with E-state index < -0.39 is 11.2 Å². The van der Waals surface area contributed by atoms with E-state index in [0.717, 1.165) is 6.54 Å². The molecule has 1 aliphatic rings. The molecule has 3 heteroatoms. The molecule has 114 valence electrons. The van der Waals surface area contributed by atoms with Gasteiger partial charge in [-0.25, -0.2) is 0 Å². The van der Waals surface area contributed by atoms with Crippen molar-refractivity contribution in [2.75, 3.05) is 13.6 Å². The first-order valence-electron chi connectivity index (χ1n) is 7.22. The number of rotatable bonds is 1. The molecule has 0 fully saturated rings. The van der Waals surface area contributed by atoms with Crippen LogP contribution in [0.1, 0.15) is 44.4 Å². The number of likely N-dealkylation sites (N-methyl/N-ethyl adjacent to an activating group) is 1. The predicted molar refractivity (Wildman–Crippen MR) is 83.8 cm³/mol. The molecular weight excluding hydrogens is 250 g/mol. The van der Waals surface area contributed by atoms with Gasteiger partial charge in [0.15, 0.2) is 0 Å². The highest BCUT2D eigenvalue weighted by Crippen LogP contribution is 2.19. The Kier molecular flexibility index (Phi) is 5.36. The highest BCUT2D eigenvalue weighted by molar-refractivity contribution is 5.33. The quantitative estimate of drug-likeness (QED) is 0.830. The van der Waals surface area contributed by atoms with Crippen molar-refractivity contribution in [2.45, 2.75) is 58.8 Å². The molecule has 0 unspecified atom stereocenters. The van der Waals surface area contributed by atoms with E-state index in [2.05, 4.69) is 37.1 Å².